The molecule has 0 radical (unpaired) electrons. The zero-order valence-corrected chi connectivity index (χ0v) is 27.5. The molecule has 0 fully saturated rings. The number of methoxy groups -OCH3 is 1. The second kappa shape index (κ2) is 23.3. The van der Waals surface area contributed by atoms with Crippen LogP contribution >= 0.6 is 0 Å². The molecule has 1 N–H and O–H groups in total. The van der Waals surface area contributed by atoms with Gasteiger partial charge in [0, 0.05) is 24.0 Å². The third kappa shape index (κ3) is 16.9. The monoisotopic (exact) mass is 596 g/mol. The molecule has 0 atom stereocenters. The normalized spacial score (nSPS) is 11.5. The van der Waals surface area contributed by atoms with Crippen molar-refractivity contribution < 1.29 is 29.0 Å². The zero-order valence-electron chi connectivity index (χ0n) is 27.5. The number of aromatic hydroxyl groups is 1. The Morgan fingerprint density at radius 3 is 2.07 bits per heavy atom. The molecule has 43 heavy (non-hydrogen) atoms. The third-order valence-electron chi connectivity index (χ3n) is 7.42. The summed E-state index contributed by atoms with van der Waals surface area (Å²) in [5.41, 5.74) is 2.71. The van der Waals surface area contributed by atoms with E-state index in [1.807, 2.05) is 26.8 Å². The van der Waals surface area contributed by atoms with Crippen LogP contribution in [0.1, 0.15) is 145 Å². The van der Waals surface area contributed by atoms with Crippen molar-refractivity contribution in [2.45, 2.75) is 137 Å². The van der Waals surface area contributed by atoms with Crippen LogP contribution in [-0.2, 0) is 27.4 Å². The lowest BCUT2D eigenvalue weighted by Crippen LogP contribution is -2.07. The van der Waals surface area contributed by atoms with Crippen LogP contribution in [0, 0.1) is 0 Å². The Labute approximate surface area is 260 Å². The van der Waals surface area contributed by atoms with Gasteiger partial charge in [-0.15, -0.1) is 0 Å². The summed E-state index contributed by atoms with van der Waals surface area (Å²) in [5.74, 6) is -0.113. The molecular weight excluding hydrogens is 540 g/mol. The van der Waals surface area contributed by atoms with Gasteiger partial charge < -0.3 is 14.6 Å². The predicted octanol–water partition coefficient (Wildman–Crippen LogP) is 9.71. The lowest BCUT2D eigenvalue weighted by molar-refractivity contribution is -0.145. The first kappa shape index (κ1) is 37.9. The number of carbonyl (C=O) groups excluding carboxylic acids is 3. The van der Waals surface area contributed by atoms with Gasteiger partial charge in [-0.25, -0.2) is 0 Å². The predicted molar refractivity (Wildman–Crippen MR) is 176 cm³/mol. The molecule has 0 aliphatic rings. The highest BCUT2D eigenvalue weighted by Gasteiger charge is 2.19. The van der Waals surface area contributed by atoms with Crippen molar-refractivity contribution in [3.8, 4) is 11.5 Å². The van der Waals surface area contributed by atoms with Crippen LogP contribution in [0.2, 0.25) is 0 Å². The van der Waals surface area contributed by atoms with E-state index in [0.29, 0.717) is 36.0 Å². The minimum atomic E-state index is -0.323. The molecule has 240 valence electrons. The molecule has 0 aromatic heterocycles. The number of aldehydes is 1. The molecular formula is C37H56O6. The Morgan fingerprint density at radius 2 is 1.49 bits per heavy atom. The number of benzene rings is 1. The average Bonchev–Trinajstić information content (AvgIpc) is 2.96. The van der Waals surface area contributed by atoms with Crippen molar-refractivity contribution in [2.75, 3.05) is 7.11 Å². The second-order valence-electron chi connectivity index (χ2n) is 11.7. The number of hydrogen-bond acceptors (Lipinski definition) is 6. The fourth-order valence-corrected chi connectivity index (χ4v) is 4.95. The number of unbranched alkanes of at least 4 members (excludes halogenated alkanes) is 11. The van der Waals surface area contributed by atoms with Crippen molar-refractivity contribution in [1.29, 1.82) is 0 Å². The molecule has 0 spiro atoms. The molecule has 6 heteroatoms. The van der Waals surface area contributed by atoms with E-state index < -0.39 is 0 Å². The maximum absolute atomic E-state index is 12.3. The molecule has 0 heterocycles. The molecule has 6 nitrogen and oxygen atoms in total. The lowest BCUT2D eigenvalue weighted by Gasteiger charge is -2.15. The standard InChI is InChI=1S/C37H56O6/c1-6-7-8-9-10-11-12-13-14-15-16-17-18-19-20-21-36(40)43-28-31-26-35(42-5)33(37(41)34(31)27-38)23-22-30(4)25-32(39)24-29(2)3/h13-14,22,24,26-27,41H,6-12,15-21,23,25,28H2,1-5H3. The minimum Gasteiger partial charge on any atom is -0.507 e. The Balaban J connectivity index is 2.44. The van der Waals surface area contributed by atoms with E-state index in [1.54, 1.807) is 12.1 Å². The van der Waals surface area contributed by atoms with E-state index in [9.17, 15) is 19.5 Å². The van der Waals surface area contributed by atoms with Gasteiger partial charge in [0.1, 0.15) is 18.1 Å². The molecule has 0 amide bonds. The first-order valence-electron chi connectivity index (χ1n) is 16.2. The number of phenolic OH excluding ortho intramolecular Hbond substituents is 1. The van der Waals surface area contributed by atoms with Gasteiger partial charge in [0.15, 0.2) is 12.1 Å². The smallest absolute Gasteiger partial charge is 0.306 e. The minimum absolute atomic E-state index is 0.0115. The molecule has 0 unspecified atom stereocenters. The highest BCUT2D eigenvalue weighted by Crippen LogP contribution is 2.35. The first-order chi connectivity index (χ1) is 20.7. The van der Waals surface area contributed by atoms with Gasteiger partial charge in [-0.1, -0.05) is 87.7 Å². The molecule has 0 aliphatic heterocycles. The van der Waals surface area contributed by atoms with Gasteiger partial charge >= 0.3 is 5.97 Å². The number of carbonyl (C=O) groups is 3. The molecule has 1 aromatic rings. The summed E-state index contributed by atoms with van der Waals surface area (Å²) in [7, 11) is 1.48. The second-order valence-corrected chi connectivity index (χ2v) is 11.7. The number of allylic oxidation sites excluding steroid dienone is 6. The van der Waals surface area contributed by atoms with Crippen LogP contribution < -0.4 is 4.74 Å². The van der Waals surface area contributed by atoms with Gasteiger partial charge in [-0.05, 0) is 71.4 Å². The highest BCUT2D eigenvalue weighted by molar-refractivity contribution is 5.91. The van der Waals surface area contributed by atoms with Crippen molar-refractivity contribution in [2.24, 2.45) is 0 Å². The average molecular weight is 597 g/mol. The molecule has 1 aromatic carbocycles. The summed E-state index contributed by atoms with van der Waals surface area (Å²) in [6, 6.07) is 1.63. The Kier molecular flexibility index (Phi) is 20.5. The number of hydrogen-bond donors (Lipinski definition) is 1. The Bertz CT molecular complexity index is 1080. The van der Waals surface area contributed by atoms with Crippen LogP contribution in [0.25, 0.3) is 0 Å². The van der Waals surface area contributed by atoms with Crippen molar-refractivity contribution in [3.05, 3.63) is 58.2 Å². The summed E-state index contributed by atoms with van der Waals surface area (Å²) in [4.78, 5) is 36.2. The van der Waals surface area contributed by atoms with Crippen LogP contribution in [-0.4, -0.2) is 30.3 Å². The van der Waals surface area contributed by atoms with E-state index in [-0.39, 0.29) is 36.1 Å². The maximum atomic E-state index is 12.3. The molecule has 0 aliphatic carbocycles. The van der Waals surface area contributed by atoms with Crippen LogP contribution in [0.3, 0.4) is 0 Å². The number of ketones is 1. The topological polar surface area (TPSA) is 89.9 Å². The highest BCUT2D eigenvalue weighted by atomic mass is 16.5. The van der Waals surface area contributed by atoms with E-state index in [2.05, 4.69) is 19.1 Å². The Morgan fingerprint density at radius 1 is 0.884 bits per heavy atom. The number of esters is 1. The van der Waals surface area contributed by atoms with E-state index >= 15 is 0 Å². The number of rotatable bonds is 24. The molecule has 0 bridgehead atoms. The van der Waals surface area contributed by atoms with Crippen LogP contribution in [0.15, 0.2) is 41.5 Å². The van der Waals surface area contributed by atoms with Crippen LogP contribution in [0.5, 0.6) is 11.5 Å². The van der Waals surface area contributed by atoms with E-state index in [0.717, 1.165) is 43.3 Å². The maximum Gasteiger partial charge on any atom is 0.306 e. The molecule has 0 saturated heterocycles. The van der Waals surface area contributed by atoms with Crippen LogP contribution in [0.4, 0.5) is 0 Å². The van der Waals surface area contributed by atoms with E-state index in [4.69, 9.17) is 9.47 Å². The summed E-state index contributed by atoms with van der Waals surface area (Å²) in [5, 5.41) is 10.9. The Hall–Kier alpha value is -3.15. The fraction of sp³-hybridized carbons (Fsp3) is 0.595. The van der Waals surface area contributed by atoms with Gasteiger partial charge in [0.25, 0.3) is 0 Å². The third-order valence-corrected chi connectivity index (χ3v) is 7.42. The summed E-state index contributed by atoms with van der Waals surface area (Å²) >= 11 is 0. The van der Waals surface area contributed by atoms with Gasteiger partial charge in [0.2, 0.25) is 0 Å². The van der Waals surface area contributed by atoms with Gasteiger partial charge in [-0.3, -0.25) is 14.4 Å². The summed E-state index contributed by atoms with van der Waals surface area (Å²) < 4.78 is 10.9. The summed E-state index contributed by atoms with van der Waals surface area (Å²) in [6.07, 6.45) is 25.1. The SMILES string of the molecule is CCCCCCCCC=CCCCCCCCC(=O)OCc1cc(OC)c(CC=C(C)CC(=O)C=C(C)C)c(O)c1C=O. The largest absolute Gasteiger partial charge is 0.507 e. The molecule has 0 saturated carbocycles. The zero-order chi connectivity index (χ0) is 31.9. The lowest BCUT2D eigenvalue weighted by atomic mass is 9.98. The van der Waals surface area contributed by atoms with Crippen molar-refractivity contribution >= 4 is 18.0 Å². The van der Waals surface area contributed by atoms with E-state index in [1.165, 1.54) is 58.5 Å². The number of phenols is 1. The van der Waals surface area contributed by atoms with Crippen molar-refractivity contribution in [1.82, 2.24) is 0 Å². The van der Waals surface area contributed by atoms with Gasteiger partial charge in [0.05, 0.1) is 12.7 Å². The quantitative estimate of drug-likeness (QED) is 0.0420. The van der Waals surface area contributed by atoms with Gasteiger partial charge in [-0.2, -0.15) is 0 Å². The molecule has 1 rings (SSSR count). The number of ether oxygens (including phenoxy) is 2. The first-order valence-corrected chi connectivity index (χ1v) is 16.2. The van der Waals surface area contributed by atoms with Crippen molar-refractivity contribution in [3.63, 3.8) is 0 Å². The summed E-state index contributed by atoms with van der Waals surface area (Å²) in [6.45, 7) is 7.73. The fourth-order valence-electron chi connectivity index (χ4n) is 4.95.